The number of benzene rings is 7. The fourth-order valence-corrected chi connectivity index (χ4v) is 7.36. The minimum Gasteiger partial charge on any atom is -0.456 e. The van der Waals surface area contributed by atoms with E-state index < -0.39 is 0 Å². The Kier molecular flexibility index (Phi) is 7.35. The molecule has 0 atom stereocenters. The number of aromatic nitrogens is 5. The molecule has 0 bridgehead atoms. The van der Waals surface area contributed by atoms with Gasteiger partial charge in [0, 0.05) is 44.0 Å². The Labute approximate surface area is 320 Å². The standard InChI is InChI=1S/C49H29N5O2/c1-4-12-31(13-5-1)43-45-44(38-18-10-11-19-40(38)56-45)51-46(50-43)34-22-20-30(21-23-34)35-24-26-37-39-28-36(25-27-41(39)55-42(37)29-35)49-53-47(32-14-6-2-7-15-32)52-48(54-49)33-16-8-3-9-17-33/h1-29H. The lowest BCUT2D eigenvalue weighted by Crippen LogP contribution is -2.00. The summed E-state index contributed by atoms with van der Waals surface area (Å²) in [5.74, 6) is 2.50. The van der Waals surface area contributed by atoms with Crippen molar-refractivity contribution in [2.45, 2.75) is 0 Å². The number of hydrogen-bond donors (Lipinski definition) is 0. The lowest BCUT2D eigenvalue weighted by atomic mass is 10.0. The van der Waals surface area contributed by atoms with Crippen molar-refractivity contribution in [1.82, 2.24) is 24.9 Å². The van der Waals surface area contributed by atoms with E-state index in [2.05, 4.69) is 48.5 Å². The summed E-state index contributed by atoms with van der Waals surface area (Å²) in [6.45, 7) is 0. The lowest BCUT2D eigenvalue weighted by Gasteiger charge is -2.08. The van der Waals surface area contributed by atoms with Gasteiger partial charge in [-0.15, -0.1) is 0 Å². The molecule has 0 N–H and O–H groups in total. The number of nitrogens with zero attached hydrogens (tertiary/aromatic N) is 5. The molecule has 0 spiro atoms. The average Bonchev–Trinajstić information content (AvgIpc) is 3.84. The van der Waals surface area contributed by atoms with Crippen molar-refractivity contribution >= 4 is 44.0 Å². The smallest absolute Gasteiger partial charge is 0.180 e. The lowest BCUT2D eigenvalue weighted by molar-refractivity contribution is 0.667. The fraction of sp³-hybridized carbons (Fsp3) is 0. The predicted molar refractivity (Wildman–Crippen MR) is 223 cm³/mol. The minimum absolute atomic E-state index is 0.602. The molecule has 262 valence electrons. The molecule has 0 radical (unpaired) electrons. The molecule has 7 heteroatoms. The van der Waals surface area contributed by atoms with Gasteiger partial charge in [-0.2, -0.15) is 0 Å². The minimum atomic E-state index is 0.602. The van der Waals surface area contributed by atoms with Gasteiger partial charge in [-0.3, -0.25) is 0 Å². The van der Waals surface area contributed by atoms with Crippen LogP contribution >= 0.6 is 0 Å². The predicted octanol–water partition coefficient (Wildman–Crippen LogP) is 12.5. The summed E-state index contributed by atoms with van der Waals surface area (Å²) in [6.07, 6.45) is 0. The first kappa shape index (κ1) is 31.7. The summed E-state index contributed by atoms with van der Waals surface area (Å²) >= 11 is 0. The zero-order valence-electron chi connectivity index (χ0n) is 29.8. The Morgan fingerprint density at radius 3 is 1.50 bits per heavy atom. The summed E-state index contributed by atoms with van der Waals surface area (Å²) in [5, 5.41) is 2.98. The first-order valence-electron chi connectivity index (χ1n) is 18.4. The number of furan rings is 2. The molecule has 0 aliphatic carbocycles. The molecule has 0 aliphatic rings. The first-order valence-corrected chi connectivity index (χ1v) is 18.4. The van der Waals surface area contributed by atoms with Crippen LogP contribution in [0.25, 0.3) is 112 Å². The fourth-order valence-electron chi connectivity index (χ4n) is 7.36. The third-order valence-electron chi connectivity index (χ3n) is 10.2. The van der Waals surface area contributed by atoms with Crippen LogP contribution < -0.4 is 0 Å². The van der Waals surface area contributed by atoms with Crippen LogP contribution in [0.4, 0.5) is 0 Å². The normalized spacial score (nSPS) is 11.6. The van der Waals surface area contributed by atoms with E-state index in [4.69, 9.17) is 33.8 Å². The maximum absolute atomic E-state index is 6.43. The molecule has 11 rings (SSSR count). The summed E-state index contributed by atoms with van der Waals surface area (Å²) in [6, 6.07) is 59.0. The van der Waals surface area contributed by atoms with Gasteiger partial charge in [0.05, 0.1) is 0 Å². The van der Waals surface area contributed by atoms with E-state index in [9.17, 15) is 0 Å². The second kappa shape index (κ2) is 13.0. The second-order valence-electron chi connectivity index (χ2n) is 13.7. The molecule has 56 heavy (non-hydrogen) atoms. The van der Waals surface area contributed by atoms with Gasteiger partial charge in [0.2, 0.25) is 0 Å². The van der Waals surface area contributed by atoms with Crippen LogP contribution in [0.1, 0.15) is 0 Å². The molecule has 7 aromatic carbocycles. The van der Waals surface area contributed by atoms with Crippen molar-refractivity contribution < 1.29 is 8.83 Å². The van der Waals surface area contributed by atoms with E-state index >= 15 is 0 Å². The second-order valence-corrected chi connectivity index (χ2v) is 13.7. The van der Waals surface area contributed by atoms with E-state index in [1.54, 1.807) is 0 Å². The van der Waals surface area contributed by atoms with E-state index in [0.717, 1.165) is 83.1 Å². The zero-order chi connectivity index (χ0) is 37.0. The van der Waals surface area contributed by atoms with Crippen molar-refractivity contribution in [1.29, 1.82) is 0 Å². The van der Waals surface area contributed by atoms with Gasteiger partial charge in [-0.05, 0) is 53.6 Å². The molecular formula is C49H29N5O2. The Balaban J connectivity index is 0.953. The van der Waals surface area contributed by atoms with E-state index in [1.165, 1.54) is 0 Å². The third kappa shape index (κ3) is 5.49. The number of para-hydroxylation sites is 1. The third-order valence-corrected chi connectivity index (χ3v) is 10.2. The van der Waals surface area contributed by atoms with Crippen molar-refractivity contribution in [3.8, 4) is 67.9 Å². The van der Waals surface area contributed by atoms with Crippen LogP contribution in [0.5, 0.6) is 0 Å². The van der Waals surface area contributed by atoms with Crippen molar-refractivity contribution in [2.24, 2.45) is 0 Å². The summed E-state index contributed by atoms with van der Waals surface area (Å²) in [5.41, 5.74) is 11.4. The SMILES string of the molecule is c1ccc(-c2nc(-c3ccccc3)nc(-c3ccc4oc5cc(-c6ccc(-c7nc(-c8ccccc8)c8oc9ccccc9c8n7)cc6)ccc5c4c3)n2)cc1. The van der Waals surface area contributed by atoms with Crippen LogP contribution in [-0.4, -0.2) is 24.9 Å². The summed E-state index contributed by atoms with van der Waals surface area (Å²) in [7, 11) is 0. The van der Waals surface area contributed by atoms with Crippen molar-refractivity contribution in [3.63, 3.8) is 0 Å². The van der Waals surface area contributed by atoms with Crippen molar-refractivity contribution in [3.05, 3.63) is 176 Å². The molecule has 7 nitrogen and oxygen atoms in total. The largest absolute Gasteiger partial charge is 0.456 e. The summed E-state index contributed by atoms with van der Waals surface area (Å²) < 4.78 is 12.7. The molecule has 4 aromatic heterocycles. The molecule has 0 fully saturated rings. The molecule has 11 aromatic rings. The maximum atomic E-state index is 6.43. The zero-order valence-corrected chi connectivity index (χ0v) is 29.8. The van der Waals surface area contributed by atoms with Crippen LogP contribution in [0.3, 0.4) is 0 Å². The summed E-state index contributed by atoms with van der Waals surface area (Å²) in [4.78, 5) is 24.8. The Bertz CT molecular complexity index is 3170. The Hall–Kier alpha value is -7.77. The average molecular weight is 720 g/mol. The van der Waals surface area contributed by atoms with Gasteiger partial charge < -0.3 is 8.83 Å². The van der Waals surface area contributed by atoms with Crippen molar-refractivity contribution in [2.75, 3.05) is 0 Å². The Morgan fingerprint density at radius 1 is 0.286 bits per heavy atom. The van der Waals surface area contributed by atoms with Crippen LogP contribution in [-0.2, 0) is 0 Å². The van der Waals surface area contributed by atoms with Gasteiger partial charge in [0.15, 0.2) is 28.9 Å². The highest BCUT2D eigenvalue weighted by molar-refractivity contribution is 6.08. The topological polar surface area (TPSA) is 90.7 Å². The number of rotatable bonds is 6. The van der Waals surface area contributed by atoms with E-state index in [-0.39, 0.29) is 0 Å². The molecule has 4 heterocycles. The van der Waals surface area contributed by atoms with Gasteiger partial charge in [-0.25, -0.2) is 24.9 Å². The van der Waals surface area contributed by atoms with Gasteiger partial charge in [0.25, 0.3) is 0 Å². The molecule has 0 saturated heterocycles. The molecule has 0 unspecified atom stereocenters. The molecular weight excluding hydrogens is 691 g/mol. The molecule has 0 aliphatic heterocycles. The highest BCUT2D eigenvalue weighted by Crippen LogP contribution is 2.38. The van der Waals surface area contributed by atoms with Gasteiger partial charge in [0.1, 0.15) is 28.0 Å². The quantitative estimate of drug-likeness (QED) is 0.169. The maximum Gasteiger partial charge on any atom is 0.180 e. The monoisotopic (exact) mass is 719 g/mol. The van der Waals surface area contributed by atoms with Crippen LogP contribution in [0, 0.1) is 0 Å². The first-order chi connectivity index (χ1) is 27.7. The van der Waals surface area contributed by atoms with E-state index in [0.29, 0.717) is 28.9 Å². The van der Waals surface area contributed by atoms with Gasteiger partial charge >= 0.3 is 0 Å². The number of fused-ring (bicyclic) bond motifs is 6. The van der Waals surface area contributed by atoms with Gasteiger partial charge in [-0.1, -0.05) is 133 Å². The number of hydrogen-bond acceptors (Lipinski definition) is 7. The molecule has 0 amide bonds. The Morgan fingerprint density at radius 2 is 0.804 bits per heavy atom. The van der Waals surface area contributed by atoms with Crippen LogP contribution in [0.2, 0.25) is 0 Å². The highest BCUT2D eigenvalue weighted by atomic mass is 16.3. The molecule has 0 saturated carbocycles. The van der Waals surface area contributed by atoms with Crippen LogP contribution in [0.15, 0.2) is 185 Å². The van der Waals surface area contributed by atoms with E-state index in [1.807, 2.05) is 127 Å². The highest BCUT2D eigenvalue weighted by Gasteiger charge is 2.19.